The lowest BCUT2D eigenvalue weighted by Crippen LogP contribution is -2.47. The summed E-state index contributed by atoms with van der Waals surface area (Å²) in [6.45, 7) is 2.06. The summed E-state index contributed by atoms with van der Waals surface area (Å²) in [4.78, 5) is 0. The summed E-state index contributed by atoms with van der Waals surface area (Å²) in [7, 11) is 0. The summed E-state index contributed by atoms with van der Waals surface area (Å²) in [5.74, 6) is 0. The lowest BCUT2D eigenvalue weighted by atomic mass is 10.2. The van der Waals surface area contributed by atoms with Crippen LogP contribution >= 0.6 is 12.0 Å². The first kappa shape index (κ1) is 5.41. The number of nitrogens with one attached hydrogen (secondary N) is 1. The Bertz CT molecular complexity index is 55.7. The molecule has 1 saturated heterocycles. The minimum absolute atomic E-state index is 0.481. The molecule has 1 N–H and O–H groups in total. The highest BCUT2D eigenvalue weighted by atomic mass is 32.2. The van der Waals surface area contributed by atoms with Crippen LogP contribution in [0, 0.1) is 0 Å². The van der Waals surface area contributed by atoms with E-state index in [1.165, 1.54) is 12.0 Å². The molecule has 7 heavy (non-hydrogen) atoms. The van der Waals surface area contributed by atoms with Gasteiger partial charge in [-0.05, 0) is 12.0 Å². The van der Waals surface area contributed by atoms with Gasteiger partial charge in [0.2, 0.25) is 0 Å². The van der Waals surface area contributed by atoms with Crippen LogP contribution in [0.15, 0.2) is 0 Å². The average molecular weight is 119 g/mol. The molecule has 0 aromatic rings. The topological polar surface area (TPSA) is 21.3 Å². The molecule has 0 aromatic carbocycles. The van der Waals surface area contributed by atoms with E-state index in [-0.39, 0.29) is 0 Å². The number of hydrogen-bond acceptors (Lipinski definition) is 3. The molecule has 0 amide bonds. The molecule has 0 bridgehead atoms. The van der Waals surface area contributed by atoms with Crippen molar-refractivity contribution in [2.24, 2.45) is 0 Å². The van der Waals surface area contributed by atoms with Crippen molar-refractivity contribution >= 4 is 12.0 Å². The van der Waals surface area contributed by atoms with E-state index in [9.17, 15) is 0 Å². The Balaban J connectivity index is 1.93. The Kier molecular flexibility index (Phi) is 1.97. The third kappa shape index (κ3) is 1.33. The highest BCUT2D eigenvalue weighted by molar-refractivity contribution is 7.93. The quantitative estimate of drug-likeness (QED) is 0.527. The molecule has 3 heteroatoms. The Morgan fingerprint density at radius 2 is 2.43 bits per heavy atom. The van der Waals surface area contributed by atoms with Crippen LogP contribution in [0.3, 0.4) is 0 Å². The van der Waals surface area contributed by atoms with E-state index in [2.05, 4.69) is 5.32 Å². The van der Waals surface area contributed by atoms with Gasteiger partial charge in [0.1, 0.15) is 0 Å². The van der Waals surface area contributed by atoms with Crippen molar-refractivity contribution in [2.75, 3.05) is 19.3 Å². The largest absolute Gasteiger partial charge is 0.311 e. The van der Waals surface area contributed by atoms with Gasteiger partial charge in [-0.2, -0.15) is 0 Å². The molecule has 42 valence electrons. The van der Waals surface area contributed by atoms with E-state index < -0.39 is 0 Å². The fraction of sp³-hybridized carbons (Fsp3) is 1.00. The third-order valence-corrected chi connectivity index (χ3v) is 1.44. The second-order valence-electron chi connectivity index (χ2n) is 1.54. The molecule has 1 heterocycles. The molecule has 0 unspecified atom stereocenters. The Hall–Kier alpha value is 0.270. The van der Waals surface area contributed by atoms with Crippen molar-refractivity contribution < 1.29 is 4.18 Å². The van der Waals surface area contributed by atoms with Crippen LogP contribution in [-0.2, 0) is 4.18 Å². The second kappa shape index (κ2) is 2.55. The van der Waals surface area contributed by atoms with E-state index >= 15 is 0 Å². The van der Waals surface area contributed by atoms with Crippen molar-refractivity contribution in [3.8, 4) is 0 Å². The zero-order valence-corrected chi connectivity index (χ0v) is 5.12. The zero-order chi connectivity index (χ0) is 5.11. The molecule has 0 aromatic heterocycles. The molecule has 1 aliphatic rings. The normalized spacial score (nSPS) is 21.9. The maximum atomic E-state index is 5.13. The molecule has 0 spiro atoms. The Morgan fingerprint density at radius 1 is 1.71 bits per heavy atom. The molecule has 0 radical (unpaired) electrons. The van der Waals surface area contributed by atoms with Gasteiger partial charge in [-0.15, -0.1) is 0 Å². The zero-order valence-electron chi connectivity index (χ0n) is 4.31. The van der Waals surface area contributed by atoms with E-state index in [1.54, 1.807) is 0 Å². The maximum absolute atomic E-state index is 5.13. The highest BCUT2D eigenvalue weighted by Crippen LogP contribution is 2.05. The number of hydrogen-bond donors (Lipinski definition) is 1. The summed E-state index contributed by atoms with van der Waals surface area (Å²) in [5.41, 5.74) is 0. The summed E-state index contributed by atoms with van der Waals surface area (Å²) in [5, 5.41) is 3.11. The fourth-order valence-corrected chi connectivity index (χ4v) is 0.875. The smallest absolute Gasteiger partial charge is 0.0970 e. The highest BCUT2D eigenvalue weighted by Gasteiger charge is 2.15. The minimum atomic E-state index is 0.481. The van der Waals surface area contributed by atoms with Gasteiger partial charge in [-0.1, -0.05) is 0 Å². The van der Waals surface area contributed by atoms with Gasteiger partial charge in [-0.3, -0.25) is 0 Å². The second-order valence-corrected chi connectivity index (χ2v) is 2.07. The lowest BCUT2D eigenvalue weighted by Gasteiger charge is -2.24. The van der Waals surface area contributed by atoms with Gasteiger partial charge >= 0.3 is 0 Å². The standard InChI is InChI=1S/C4H9NOS/c1-7-6-4-2-5-3-4/h4-5H,2-3H2,1H3. The summed E-state index contributed by atoms with van der Waals surface area (Å²) in [6.07, 6.45) is 2.42. The molecular formula is C4H9NOS. The molecule has 1 rings (SSSR count). The van der Waals surface area contributed by atoms with Gasteiger partial charge in [-0.25, -0.2) is 0 Å². The number of rotatable bonds is 2. The first-order valence-corrected chi connectivity index (χ1v) is 3.48. The Labute approximate surface area is 47.8 Å². The average Bonchev–Trinajstić information content (AvgIpc) is 1.55. The molecular weight excluding hydrogens is 110 g/mol. The van der Waals surface area contributed by atoms with Gasteiger partial charge in [0.05, 0.1) is 6.10 Å². The predicted octanol–water partition coefficient (Wildman–Crippen LogP) is 0.253. The molecule has 1 fully saturated rings. The van der Waals surface area contributed by atoms with E-state index in [1.807, 2.05) is 6.26 Å². The molecule has 2 nitrogen and oxygen atoms in total. The van der Waals surface area contributed by atoms with Crippen LogP contribution in [0.25, 0.3) is 0 Å². The van der Waals surface area contributed by atoms with Crippen LogP contribution in [0.1, 0.15) is 0 Å². The Morgan fingerprint density at radius 3 is 2.57 bits per heavy atom. The van der Waals surface area contributed by atoms with Crippen LogP contribution in [0.5, 0.6) is 0 Å². The van der Waals surface area contributed by atoms with Gasteiger partial charge in [0.15, 0.2) is 0 Å². The summed E-state index contributed by atoms with van der Waals surface area (Å²) in [6, 6.07) is 0. The van der Waals surface area contributed by atoms with E-state index in [4.69, 9.17) is 4.18 Å². The van der Waals surface area contributed by atoms with Crippen LogP contribution < -0.4 is 5.32 Å². The summed E-state index contributed by atoms with van der Waals surface area (Å²) >= 11 is 1.45. The van der Waals surface area contributed by atoms with Crippen molar-refractivity contribution in [2.45, 2.75) is 6.10 Å². The molecule has 0 saturated carbocycles. The monoisotopic (exact) mass is 119 g/mol. The van der Waals surface area contributed by atoms with Crippen molar-refractivity contribution in [1.82, 2.24) is 5.32 Å². The van der Waals surface area contributed by atoms with Gasteiger partial charge in [0.25, 0.3) is 0 Å². The first-order valence-electron chi connectivity index (χ1n) is 2.33. The van der Waals surface area contributed by atoms with Crippen LogP contribution in [-0.4, -0.2) is 25.4 Å². The minimum Gasteiger partial charge on any atom is -0.311 e. The first-order chi connectivity index (χ1) is 3.43. The fourth-order valence-electron chi connectivity index (χ4n) is 0.466. The predicted molar refractivity (Wildman–Crippen MR) is 31.3 cm³/mol. The maximum Gasteiger partial charge on any atom is 0.0970 e. The van der Waals surface area contributed by atoms with Crippen molar-refractivity contribution in [3.05, 3.63) is 0 Å². The van der Waals surface area contributed by atoms with E-state index in [0.717, 1.165) is 13.1 Å². The SMILES string of the molecule is CSOC1CNC1. The molecule has 1 aliphatic heterocycles. The van der Waals surface area contributed by atoms with Crippen LogP contribution in [0.4, 0.5) is 0 Å². The lowest BCUT2D eigenvalue weighted by molar-refractivity contribution is 0.172. The van der Waals surface area contributed by atoms with Gasteiger partial charge in [0, 0.05) is 19.3 Å². The van der Waals surface area contributed by atoms with Gasteiger partial charge < -0.3 is 9.50 Å². The van der Waals surface area contributed by atoms with Crippen molar-refractivity contribution in [1.29, 1.82) is 0 Å². The summed E-state index contributed by atoms with van der Waals surface area (Å²) < 4.78 is 5.13. The van der Waals surface area contributed by atoms with Crippen molar-refractivity contribution in [3.63, 3.8) is 0 Å². The van der Waals surface area contributed by atoms with Crippen LogP contribution in [0.2, 0.25) is 0 Å². The third-order valence-electron chi connectivity index (χ3n) is 0.976. The molecule has 0 aliphatic carbocycles. The van der Waals surface area contributed by atoms with E-state index in [0.29, 0.717) is 6.10 Å². The molecule has 0 atom stereocenters.